The third kappa shape index (κ3) is 2.32. The number of para-hydroxylation sites is 1. The molecule has 0 bridgehead atoms. The summed E-state index contributed by atoms with van der Waals surface area (Å²) in [5.41, 5.74) is 8.84. The second-order valence-electron chi connectivity index (χ2n) is 6.94. The maximum atomic E-state index is 6.03. The third-order valence-corrected chi connectivity index (χ3v) is 5.26. The van der Waals surface area contributed by atoms with Crippen LogP contribution in [0.1, 0.15) is 16.7 Å². The van der Waals surface area contributed by atoms with Crippen molar-refractivity contribution in [1.29, 1.82) is 0 Å². The molecule has 2 aromatic heterocycles. The monoisotopic (exact) mass is 349 g/mol. The molecule has 6 rings (SSSR count). The van der Waals surface area contributed by atoms with Crippen molar-refractivity contribution < 1.29 is 8.83 Å². The van der Waals surface area contributed by atoms with Crippen LogP contribution in [0.3, 0.4) is 0 Å². The normalized spacial score (nSPS) is 13.3. The highest BCUT2D eigenvalue weighted by Crippen LogP contribution is 2.36. The minimum absolute atomic E-state index is 0.821. The fraction of sp³-hybridized carbons (Fsp3) is 0.0417. The summed E-state index contributed by atoms with van der Waals surface area (Å²) in [5, 5.41) is 1.13. The number of hydrogen-bond acceptors (Lipinski definition) is 3. The first-order valence-corrected chi connectivity index (χ1v) is 9.00. The molecule has 27 heavy (non-hydrogen) atoms. The molecule has 0 fully saturated rings. The number of fused-ring (bicyclic) bond motifs is 3. The lowest BCUT2D eigenvalue weighted by Gasteiger charge is -2.03. The lowest BCUT2D eigenvalue weighted by atomic mass is 10.0. The second-order valence-corrected chi connectivity index (χ2v) is 6.94. The average Bonchev–Trinajstić information content (AvgIpc) is 3.42. The van der Waals surface area contributed by atoms with Crippen LogP contribution in [0.4, 0.5) is 0 Å². The van der Waals surface area contributed by atoms with E-state index in [0.29, 0.717) is 0 Å². The van der Waals surface area contributed by atoms with Gasteiger partial charge in [-0.25, -0.2) is 4.98 Å². The van der Waals surface area contributed by atoms with Crippen molar-refractivity contribution >= 4 is 33.7 Å². The van der Waals surface area contributed by atoms with Crippen molar-refractivity contribution in [2.75, 3.05) is 0 Å². The highest BCUT2D eigenvalue weighted by atomic mass is 16.3. The zero-order valence-corrected chi connectivity index (χ0v) is 14.5. The summed E-state index contributed by atoms with van der Waals surface area (Å²) in [6, 6.07) is 23.0. The van der Waals surface area contributed by atoms with Crippen LogP contribution in [-0.2, 0) is 6.42 Å². The van der Waals surface area contributed by atoms with Crippen LogP contribution in [0.15, 0.2) is 82.0 Å². The predicted octanol–water partition coefficient (Wildman–Crippen LogP) is 6.34. The quantitative estimate of drug-likeness (QED) is 0.373. The molecule has 0 unspecified atom stereocenters. The molecule has 0 saturated heterocycles. The molecule has 0 radical (unpaired) electrons. The number of hydrogen-bond donors (Lipinski definition) is 0. The molecule has 0 saturated carbocycles. The number of nitrogens with zero attached hydrogens (tertiary/aromatic N) is 1. The van der Waals surface area contributed by atoms with E-state index < -0.39 is 0 Å². The Bertz CT molecular complexity index is 1320. The molecule has 0 spiro atoms. The lowest BCUT2D eigenvalue weighted by Crippen LogP contribution is -1.87. The largest absolute Gasteiger partial charge is 0.456 e. The Kier molecular flexibility index (Phi) is 2.94. The summed E-state index contributed by atoms with van der Waals surface area (Å²) in [7, 11) is 0. The Hall–Kier alpha value is -3.59. The van der Waals surface area contributed by atoms with E-state index in [1.54, 1.807) is 0 Å². The summed E-state index contributed by atoms with van der Waals surface area (Å²) in [5.74, 6) is 0.913. The van der Waals surface area contributed by atoms with E-state index in [1.165, 1.54) is 28.7 Å². The van der Waals surface area contributed by atoms with E-state index in [4.69, 9.17) is 8.83 Å². The maximum Gasteiger partial charge on any atom is 0.181 e. The van der Waals surface area contributed by atoms with Crippen LogP contribution in [0.25, 0.3) is 45.0 Å². The van der Waals surface area contributed by atoms with Crippen molar-refractivity contribution in [2.24, 2.45) is 0 Å². The van der Waals surface area contributed by atoms with Gasteiger partial charge in [0.2, 0.25) is 0 Å². The van der Waals surface area contributed by atoms with Crippen molar-refractivity contribution in [3.8, 4) is 11.3 Å². The maximum absolute atomic E-state index is 6.03. The first-order valence-electron chi connectivity index (χ1n) is 9.00. The SMILES string of the molecule is C1=C(c2ccc3ocnc3c2)Cc2cc(-c3cc4ccccc4o3)ccc21. The molecule has 2 heterocycles. The third-order valence-electron chi connectivity index (χ3n) is 5.26. The van der Waals surface area contributed by atoms with Crippen LogP contribution < -0.4 is 0 Å². The number of aromatic nitrogens is 1. The molecule has 5 aromatic rings. The Balaban J connectivity index is 1.36. The fourth-order valence-electron chi connectivity index (χ4n) is 3.86. The van der Waals surface area contributed by atoms with Gasteiger partial charge in [-0.1, -0.05) is 42.5 Å². The summed E-state index contributed by atoms with van der Waals surface area (Å²) in [6.07, 6.45) is 4.66. The molecule has 1 aliphatic rings. The van der Waals surface area contributed by atoms with Crippen LogP contribution in [-0.4, -0.2) is 4.98 Å². The van der Waals surface area contributed by atoms with Gasteiger partial charge in [0.15, 0.2) is 12.0 Å². The number of rotatable bonds is 2. The summed E-state index contributed by atoms with van der Waals surface area (Å²) >= 11 is 0. The van der Waals surface area contributed by atoms with Crippen LogP contribution in [0.5, 0.6) is 0 Å². The molecule has 0 atom stereocenters. The van der Waals surface area contributed by atoms with Gasteiger partial charge in [0.1, 0.15) is 16.9 Å². The van der Waals surface area contributed by atoms with Gasteiger partial charge in [0, 0.05) is 10.9 Å². The molecular formula is C24H15NO2. The van der Waals surface area contributed by atoms with Crippen LogP contribution in [0.2, 0.25) is 0 Å². The number of oxazole rings is 1. The van der Waals surface area contributed by atoms with E-state index in [0.717, 1.165) is 39.8 Å². The Morgan fingerprint density at radius 1 is 0.815 bits per heavy atom. The first-order chi connectivity index (χ1) is 13.3. The van der Waals surface area contributed by atoms with Crippen molar-refractivity contribution in [1.82, 2.24) is 4.98 Å². The zero-order valence-electron chi connectivity index (χ0n) is 14.5. The average molecular weight is 349 g/mol. The van der Waals surface area contributed by atoms with Gasteiger partial charge < -0.3 is 8.83 Å². The molecule has 3 heteroatoms. The molecule has 0 N–H and O–H groups in total. The Labute approximate surface area is 155 Å². The minimum Gasteiger partial charge on any atom is -0.456 e. The van der Waals surface area contributed by atoms with E-state index in [1.807, 2.05) is 24.3 Å². The number of benzene rings is 3. The fourth-order valence-corrected chi connectivity index (χ4v) is 3.86. The Morgan fingerprint density at radius 3 is 2.70 bits per heavy atom. The van der Waals surface area contributed by atoms with Gasteiger partial charge in [-0.05, 0) is 59.0 Å². The van der Waals surface area contributed by atoms with Gasteiger partial charge in [-0.3, -0.25) is 0 Å². The topological polar surface area (TPSA) is 39.2 Å². The summed E-state index contributed by atoms with van der Waals surface area (Å²) < 4.78 is 11.4. The molecule has 128 valence electrons. The molecule has 0 aliphatic heterocycles. The zero-order chi connectivity index (χ0) is 17.8. The van der Waals surface area contributed by atoms with E-state index >= 15 is 0 Å². The van der Waals surface area contributed by atoms with Crippen LogP contribution >= 0.6 is 0 Å². The number of allylic oxidation sites excluding steroid dienone is 1. The van der Waals surface area contributed by atoms with Gasteiger partial charge in [0.05, 0.1) is 0 Å². The highest BCUT2D eigenvalue weighted by Gasteiger charge is 2.17. The van der Waals surface area contributed by atoms with Gasteiger partial charge >= 0.3 is 0 Å². The standard InChI is InChI=1S/C24H15NO2/c1-2-4-22-17(3-1)13-24(27-22)18-6-5-15-9-19(11-20(15)10-18)16-7-8-23-21(12-16)25-14-26-23/h1-10,12-14H,11H2. The minimum atomic E-state index is 0.821. The molecule has 0 amide bonds. The molecule has 3 aromatic carbocycles. The lowest BCUT2D eigenvalue weighted by molar-refractivity contribution is 0.602. The van der Waals surface area contributed by atoms with E-state index in [-0.39, 0.29) is 0 Å². The van der Waals surface area contributed by atoms with Crippen molar-refractivity contribution in [2.45, 2.75) is 6.42 Å². The molecular weight excluding hydrogens is 334 g/mol. The van der Waals surface area contributed by atoms with Gasteiger partial charge in [-0.2, -0.15) is 0 Å². The van der Waals surface area contributed by atoms with E-state index in [9.17, 15) is 0 Å². The van der Waals surface area contributed by atoms with Crippen LogP contribution in [0, 0.1) is 0 Å². The van der Waals surface area contributed by atoms with Crippen molar-refractivity contribution in [3.05, 3.63) is 89.8 Å². The first kappa shape index (κ1) is 14.6. The predicted molar refractivity (Wildman–Crippen MR) is 107 cm³/mol. The van der Waals surface area contributed by atoms with Gasteiger partial charge in [-0.15, -0.1) is 0 Å². The second kappa shape index (κ2) is 5.45. The van der Waals surface area contributed by atoms with E-state index in [2.05, 4.69) is 53.5 Å². The smallest absolute Gasteiger partial charge is 0.181 e. The molecule has 1 aliphatic carbocycles. The van der Waals surface area contributed by atoms with Crippen molar-refractivity contribution in [3.63, 3.8) is 0 Å². The van der Waals surface area contributed by atoms with Gasteiger partial charge in [0.25, 0.3) is 0 Å². The summed E-state index contributed by atoms with van der Waals surface area (Å²) in [6.45, 7) is 0. The number of furan rings is 1. The highest BCUT2D eigenvalue weighted by molar-refractivity contribution is 5.92. The Morgan fingerprint density at radius 2 is 1.74 bits per heavy atom. The summed E-state index contributed by atoms with van der Waals surface area (Å²) in [4.78, 5) is 4.27. The molecule has 3 nitrogen and oxygen atoms in total.